The Bertz CT molecular complexity index is 353. The summed E-state index contributed by atoms with van der Waals surface area (Å²) < 4.78 is 0. The second-order valence-corrected chi connectivity index (χ2v) is 3.88. The minimum absolute atomic E-state index is 0.185. The van der Waals surface area contributed by atoms with Crippen molar-refractivity contribution < 1.29 is 9.90 Å². The van der Waals surface area contributed by atoms with E-state index in [1.807, 2.05) is 6.92 Å². The Hall–Kier alpha value is -1.69. The van der Waals surface area contributed by atoms with Gasteiger partial charge in [0.25, 0.3) is 5.91 Å². The summed E-state index contributed by atoms with van der Waals surface area (Å²) in [6.07, 6.45) is 0.747. The average molecular weight is 238 g/mol. The van der Waals surface area contributed by atoms with Crippen molar-refractivity contribution in [3.63, 3.8) is 0 Å². The van der Waals surface area contributed by atoms with Crippen molar-refractivity contribution in [2.24, 2.45) is 5.92 Å². The summed E-state index contributed by atoms with van der Waals surface area (Å²) in [5, 5.41) is 22.0. The summed E-state index contributed by atoms with van der Waals surface area (Å²) in [4.78, 5) is 11.2. The first-order valence-electron chi connectivity index (χ1n) is 5.58. The molecule has 1 aromatic rings. The van der Waals surface area contributed by atoms with E-state index < -0.39 is 0 Å². The Balaban J connectivity index is 2.48. The molecule has 0 aromatic carbocycles. The van der Waals surface area contributed by atoms with Gasteiger partial charge < -0.3 is 15.7 Å². The van der Waals surface area contributed by atoms with E-state index in [0.717, 1.165) is 6.42 Å². The molecule has 0 fully saturated rings. The van der Waals surface area contributed by atoms with Gasteiger partial charge in [-0.15, -0.1) is 10.2 Å². The number of carbonyl (C=O) groups is 1. The maximum atomic E-state index is 11.2. The van der Waals surface area contributed by atoms with Crippen molar-refractivity contribution in [1.29, 1.82) is 0 Å². The Morgan fingerprint density at radius 2 is 2.24 bits per heavy atom. The molecule has 0 bridgehead atoms. The fraction of sp³-hybridized carbons (Fsp3) is 0.545. The van der Waals surface area contributed by atoms with Crippen molar-refractivity contribution >= 4 is 11.7 Å². The molecule has 0 radical (unpaired) electrons. The van der Waals surface area contributed by atoms with Gasteiger partial charge in [-0.2, -0.15) is 0 Å². The Morgan fingerprint density at radius 1 is 1.47 bits per heavy atom. The molecule has 0 aliphatic carbocycles. The summed E-state index contributed by atoms with van der Waals surface area (Å²) in [6, 6.07) is 3.33. The molecule has 6 nitrogen and oxygen atoms in total. The number of hydrogen-bond acceptors (Lipinski definition) is 5. The molecule has 1 aromatic heterocycles. The van der Waals surface area contributed by atoms with Gasteiger partial charge in [-0.1, -0.05) is 6.92 Å². The number of aliphatic hydroxyl groups excluding tert-OH is 1. The molecule has 1 rings (SSSR count). The summed E-state index contributed by atoms with van der Waals surface area (Å²) >= 11 is 0. The molecular formula is C11H18N4O2. The Morgan fingerprint density at radius 3 is 2.76 bits per heavy atom. The minimum Gasteiger partial charge on any atom is -0.396 e. The van der Waals surface area contributed by atoms with Crippen molar-refractivity contribution in [3.05, 3.63) is 17.8 Å². The Kier molecular flexibility index (Phi) is 5.35. The number of amides is 1. The largest absolute Gasteiger partial charge is 0.396 e. The summed E-state index contributed by atoms with van der Waals surface area (Å²) in [5.41, 5.74) is 0.293. The highest BCUT2D eigenvalue weighted by molar-refractivity contribution is 5.91. The fourth-order valence-corrected chi connectivity index (χ4v) is 1.28. The third-order valence-electron chi connectivity index (χ3n) is 2.38. The van der Waals surface area contributed by atoms with E-state index in [1.54, 1.807) is 19.2 Å². The van der Waals surface area contributed by atoms with Crippen LogP contribution in [-0.4, -0.2) is 41.4 Å². The quantitative estimate of drug-likeness (QED) is 0.662. The van der Waals surface area contributed by atoms with Crippen LogP contribution in [0.3, 0.4) is 0 Å². The molecule has 0 saturated heterocycles. The number of aromatic nitrogens is 2. The molecule has 1 amide bonds. The molecule has 0 spiro atoms. The fourth-order valence-electron chi connectivity index (χ4n) is 1.28. The topological polar surface area (TPSA) is 87.1 Å². The lowest BCUT2D eigenvalue weighted by atomic mass is 10.1. The highest BCUT2D eigenvalue weighted by atomic mass is 16.3. The van der Waals surface area contributed by atoms with Crippen LogP contribution in [0.2, 0.25) is 0 Å². The van der Waals surface area contributed by atoms with Gasteiger partial charge in [-0.25, -0.2) is 0 Å². The monoisotopic (exact) mass is 238 g/mol. The first-order chi connectivity index (χ1) is 8.17. The molecule has 1 heterocycles. The van der Waals surface area contributed by atoms with Crippen molar-refractivity contribution in [1.82, 2.24) is 15.5 Å². The van der Waals surface area contributed by atoms with Crippen LogP contribution in [0, 0.1) is 5.92 Å². The molecule has 3 N–H and O–H groups in total. The zero-order valence-corrected chi connectivity index (χ0v) is 10.1. The lowest BCUT2D eigenvalue weighted by Crippen LogP contribution is -2.20. The predicted octanol–water partition coefficient (Wildman–Crippen LogP) is 0.267. The Labute approximate surface area is 100 Å². The van der Waals surface area contributed by atoms with Gasteiger partial charge in [0.05, 0.1) is 0 Å². The number of rotatable bonds is 6. The number of carbonyl (C=O) groups excluding carboxylic acids is 1. The summed E-state index contributed by atoms with van der Waals surface area (Å²) in [5.74, 6) is 0.737. The van der Waals surface area contributed by atoms with E-state index in [1.165, 1.54) is 0 Å². The van der Waals surface area contributed by atoms with Gasteiger partial charge in [-0.05, 0) is 24.5 Å². The predicted molar refractivity (Wildman–Crippen MR) is 64.8 cm³/mol. The van der Waals surface area contributed by atoms with Crippen LogP contribution in [0.15, 0.2) is 12.1 Å². The normalized spacial score (nSPS) is 11.9. The van der Waals surface area contributed by atoms with Gasteiger partial charge in [0.2, 0.25) is 0 Å². The zero-order valence-electron chi connectivity index (χ0n) is 10.1. The van der Waals surface area contributed by atoms with Crippen LogP contribution >= 0.6 is 0 Å². The molecule has 0 aliphatic heterocycles. The lowest BCUT2D eigenvalue weighted by molar-refractivity contribution is 0.0957. The molecule has 1 atom stereocenters. The van der Waals surface area contributed by atoms with E-state index >= 15 is 0 Å². The van der Waals surface area contributed by atoms with Crippen molar-refractivity contribution in [3.8, 4) is 0 Å². The van der Waals surface area contributed by atoms with Gasteiger partial charge in [-0.3, -0.25) is 4.79 Å². The number of nitrogens with one attached hydrogen (secondary N) is 2. The zero-order chi connectivity index (χ0) is 12.7. The first kappa shape index (κ1) is 13.4. The van der Waals surface area contributed by atoms with Crippen molar-refractivity contribution in [2.45, 2.75) is 13.3 Å². The number of anilines is 1. The number of aliphatic hydroxyl groups is 1. The molecule has 0 aliphatic rings. The average Bonchev–Trinajstić information content (AvgIpc) is 2.36. The summed E-state index contributed by atoms with van der Waals surface area (Å²) in [7, 11) is 1.55. The first-order valence-corrected chi connectivity index (χ1v) is 5.58. The van der Waals surface area contributed by atoms with Crippen LogP contribution in [0.1, 0.15) is 23.8 Å². The smallest absolute Gasteiger partial charge is 0.271 e. The van der Waals surface area contributed by atoms with E-state index in [4.69, 9.17) is 5.11 Å². The van der Waals surface area contributed by atoms with Gasteiger partial charge in [0, 0.05) is 20.2 Å². The highest BCUT2D eigenvalue weighted by Crippen LogP contribution is 2.05. The third-order valence-corrected chi connectivity index (χ3v) is 2.38. The van der Waals surface area contributed by atoms with E-state index in [2.05, 4.69) is 20.8 Å². The summed E-state index contributed by atoms with van der Waals surface area (Å²) in [6.45, 7) is 2.94. The van der Waals surface area contributed by atoms with Crippen LogP contribution in [0.4, 0.5) is 5.82 Å². The van der Waals surface area contributed by atoms with Crippen LogP contribution < -0.4 is 10.6 Å². The van der Waals surface area contributed by atoms with E-state index in [0.29, 0.717) is 24.0 Å². The lowest BCUT2D eigenvalue weighted by Gasteiger charge is -2.11. The van der Waals surface area contributed by atoms with Gasteiger partial charge in [0.15, 0.2) is 5.69 Å². The van der Waals surface area contributed by atoms with Crippen LogP contribution in [0.5, 0.6) is 0 Å². The standard InChI is InChI=1S/C11H18N4O2/c1-8(5-6-16)7-13-10-4-3-9(14-15-10)11(17)12-2/h3-4,8,16H,5-7H2,1-2H3,(H,12,17)(H,13,15). The molecule has 94 valence electrons. The maximum absolute atomic E-state index is 11.2. The van der Waals surface area contributed by atoms with Crippen LogP contribution in [-0.2, 0) is 0 Å². The van der Waals surface area contributed by atoms with E-state index in [9.17, 15) is 4.79 Å². The molecule has 0 saturated carbocycles. The number of hydrogen-bond donors (Lipinski definition) is 3. The molecule has 6 heteroatoms. The third kappa shape index (κ3) is 4.36. The second-order valence-electron chi connectivity index (χ2n) is 3.88. The van der Waals surface area contributed by atoms with Gasteiger partial charge in [0.1, 0.15) is 5.82 Å². The second kappa shape index (κ2) is 6.80. The van der Waals surface area contributed by atoms with E-state index in [-0.39, 0.29) is 12.5 Å². The van der Waals surface area contributed by atoms with Crippen LogP contribution in [0.25, 0.3) is 0 Å². The molecule has 17 heavy (non-hydrogen) atoms. The maximum Gasteiger partial charge on any atom is 0.271 e. The molecular weight excluding hydrogens is 220 g/mol. The number of nitrogens with zero attached hydrogens (tertiary/aromatic N) is 2. The highest BCUT2D eigenvalue weighted by Gasteiger charge is 2.06. The van der Waals surface area contributed by atoms with Gasteiger partial charge >= 0.3 is 0 Å². The molecule has 1 unspecified atom stereocenters. The SMILES string of the molecule is CNC(=O)c1ccc(NCC(C)CCO)nn1. The minimum atomic E-state index is -0.252. The van der Waals surface area contributed by atoms with Crippen molar-refractivity contribution in [2.75, 3.05) is 25.5 Å².